The summed E-state index contributed by atoms with van der Waals surface area (Å²) in [6.45, 7) is 1.97. The van der Waals surface area contributed by atoms with Crippen molar-refractivity contribution in [3.63, 3.8) is 0 Å². The molecule has 0 aromatic heterocycles. The maximum Gasteiger partial charge on any atom is 0.137 e. The Balaban J connectivity index is 2.83. The van der Waals surface area contributed by atoms with Crippen LogP contribution in [-0.2, 0) is 6.42 Å². The van der Waals surface area contributed by atoms with E-state index in [1.807, 2.05) is 25.1 Å². The maximum absolute atomic E-state index is 5.95. The Morgan fingerprint density at radius 2 is 2.23 bits per heavy atom. The van der Waals surface area contributed by atoms with Gasteiger partial charge in [0.15, 0.2) is 0 Å². The molecule has 0 bridgehead atoms. The van der Waals surface area contributed by atoms with Crippen molar-refractivity contribution in [1.29, 1.82) is 0 Å². The fraction of sp³-hybridized carbons (Fsp3) is 0.400. The van der Waals surface area contributed by atoms with E-state index in [0.29, 0.717) is 10.8 Å². The molecule has 1 atom stereocenters. The van der Waals surface area contributed by atoms with Crippen molar-refractivity contribution in [3.05, 3.63) is 28.8 Å². The fourth-order valence-corrected chi connectivity index (χ4v) is 1.49. The van der Waals surface area contributed by atoms with E-state index in [1.54, 1.807) is 7.11 Å². The summed E-state index contributed by atoms with van der Waals surface area (Å²) in [4.78, 5) is 0. The highest BCUT2D eigenvalue weighted by molar-refractivity contribution is 6.32. The van der Waals surface area contributed by atoms with Crippen molar-refractivity contribution in [2.45, 2.75) is 19.4 Å². The van der Waals surface area contributed by atoms with E-state index in [0.717, 1.165) is 12.0 Å². The Morgan fingerprint density at radius 1 is 1.54 bits per heavy atom. The van der Waals surface area contributed by atoms with Gasteiger partial charge in [-0.25, -0.2) is 0 Å². The molecule has 0 saturated heterocycles. The lowest BCUT2D eigenvalue weighted by Gasteiger charge is -2.07. The lowest BCUT2D eigenvalue weighted by atomic mass is 10.1. The topological polar surface area (TPSA) is 35.2 Å². The van der Waals surface area contributed by atoms with Gasteiger partial charge in [-0.1, -0.05) is 17.7 Å². The minimum absolute atomic E-state index is 0.157. The first-order chi connectivity index (χ1) is 6.13. The molecule has 1 rings (SSSR count). The first kappa shape index (κ1) is 10.4. The summed E-state index contributed by atoms with van der Waals surface area (Å²) in [7, 11) is 1.60. The fourth-order valence-electron chi connectivity index (χ4n) is 1.21. The van der Waals surface area contributed by atoms with Crippen molar-refractivity contribution < 1.29 is 4.74 Å². The van der Waals surface area contributed by atoms with E-state index >= 15 is 0 Å². The Bertz CT molecular complexity index is 286. The zero-order chi connectivity index (χ0) is 9.84. The largest absolute Gasteiger partial charge is 0.495 e. The molecule has 0 unspecified atom stereocenters. The zero-order valence-electron chi connectivity index (χ0n) is 7.88. The van der Waals surface area contributed by atoms with Gasteiger partial charge in [0.25, 0.3) is 0 Å². The second-order valence-electron chi connectivity index (χ2n) is 3.15. The van der Waals surface area contributed by atoms with Crippen LogP contribution in [0.25, 0.3) is 0 Å². The summed E-state index contributed by atoms with van der Waals surface area (Å²) >= 11 is 5.95. The summed E-state index contributed by atoms with van der Waals surface area (Å²) in [6, 6.07) is 5.89. The third kappa shape index (κ3) is 2.90. The van der Waals surface area contributed by atoms with Crippen LogP contribution in [0.2, 0.25) is 5.02 Å². The van der Waals surface area contributed by atoms with Crippen LogP contribution >= 0.6 is 11.6 Å². The van der Waals surface area contributed by atoms with Crippen molar-refractivity contribution in [1.82, 2.24) is 0 Å². The molecule has 0 aliphatic heterocycles. The van der Waals surface area contributed by atoms with E-state index in [4.69, 9.17) is 22.1 Å². The molecule has 72 valence electrons. The van der Waals surface area contributed by atoms with Crippen LogP contribution in [0.15, 0.2) is 18.2 Å². The van der Waals surface area contributed by atoms with Crippen molar-refractivity contribution in [2.24, 2.45) is 5.73 Å². The number of methoxy groups -OCH3 is 1. The average Bonchev–Trinajstić information content (AvgIpc) is 2.03. The van der Waals surface area contributed by atoms with E-state index in [2.05, 4.69) is 0 Å². The maximum atomic E-state index is 5.95. The summed E-state index contributed by atoms with van der Waals surface area (Å²) in [5.41, 5.74) is 6.81. The highest BCUT2D eigenvalue weighted by atomic mass is 35.5. The third-order valence-electron chi connectivity index (χ3n) is 1.77. The van der Waals surface area contributed by atoms with Gasteiger partial charge in [0.2, 0.25) is 0 Å². The molecule has 0 radical (unpaired) electrons. The lowest BCUT2D eigenvalue weighted by molar-refractivity contribution is 0.415. The molecular weight excluding hydrogens is 186 g/mol. The molecule has 0 aliphatic rings. The van der Waals surface area contributed by atoms with E-state index in [1.165, 1.54) is 0 Å². The van der Waals surface area contributed by atoms with Crippen LogP contribution in [0.4, 0.5) is 0 Å². The van der Waals surface area contributed by atoms with Gasteiger partial charge in [0.1, 0.15) is 5.75 Å². The minimum Gasteiger partial charge on any atom is -0.495 e. The molecule has 13 heavy (non-hydrogen) atoms. The molecule has 0 fully saturated rings. The molecule has 0 saturated carbocycles. The summed E-state index contributed by atoms with van der Waals surface area (Å²) in [6.07, 6.45) is 0.837. The van der Waals surface area contributed by atoms with Crippen molar-refractivity contribution in [3.8, 4) is 5.75 Å². The normalized spacial score (nSPS) is 12.6. The van der Waals surface area contributed by atoms with Gasteiger partial charge in [-0.05, 0) is 31.0 Å². The van der Waals surface area contributed by atoms with Gasteiger partial charge in [0.05, 0.1) is 12.1 Å². The standard InChI is InChI=1S/C10H14ClNO/c1-7(12)5-8-3-4-10(13-2)9(11)6-8/h3-4,6-7H,5,12H2,1-2H3/t7-/m0/s1. The second kappa shape index (κ2) is 4.49. The van der Waals surface area contributed by atoms with Crippen LogP contribution in [0.1, 0.15) is 12.5 Å². The van der Waals surface area contributed by atoms with E-state index in [-0.39, 0.29) is 6.04 Å². The molecule has 0 spiro atoms. The van der Waals surface area contributed by atoms with Gasteiger partial charge < -0.3 is 10.5 Å². The van der Waals surface area contributed by atoms with E-state index < -0.39 is 0 Å². The molecule has 0 amide bonds. The van der Waals surface area contributed by atoms with Gasteiger partial charge in [-0.3, -0.25) is 0 Å². The molecule has 3 heteroatoms. The highest BCUT2D eigenvalue weighted by Gasteiger charge is 2.03. The SMILES string of the molecule is COc1ccc(C[C@H](C)N)cc1Cl. The van der Waals surface area contributed by atoms with Crippen molar-refractivity contribution in [2.75, 3.05) is 7.11 Å². The smallest absolute Gasteiger partial charge is 0.137 e. The number of hydrogen-bond donors (Lipinski definition) is 1. The highest BCUT2D eigenvalue weighted by Crippen LogP contribution is 2.25. The number of halogens is 1. The number of hydrogen-bond acceptors (Lipinski definition) is 2. The second-order valence-corrected chi connectivity index (χ2v) is 3.56. The molecule has 2 N–H and O–H groups in total. The molecule has 2 nitrogen and oxygen atoms in total. The van der Waals surface area contributed by atoms with E-state index in [9.17, 15) is 0 Å². The monoisotopic (exact) mass is 199 g/mol. The van der Waals surface area contributed by atoms with Crippen LogP contribution in [0.3, 0.4) is 0 Å². The molecule has 1 aromatic carbocycles. The number of ether oxygens (including phenoxy) is 1. The predicted octanol–water partition coefficient (Wildman–Crippen LogP) is 2.24. The van der Waals surface area contributed by atoms with Crippen LogP contribution < -0.4 is 10.5 Å². The average molecular weight is 200 g/mol. The molecule has 1 aromatic rings. The van der Waals surface area contributed by atoms with Gasteiger partial charge >= 0.3 is 0 Å². The van der Waals surface area contributed by atoms with Crippen LogP contribution in [0, 0.1) is 0 Å². The Kier molecular flexibility index (Phi) is 3.58. The first-order valence-corrected chi connectivity index (χ1v) is 4.59. The van der Waals surface area contributed by atoms with Crippen LogP contribution in [0.5, 0.6) is 5.75 Å². The quantitative estimate of drug-likeness (QED) is 0.811. The Labute approximate surface area is 83.6 Å². The number of nitrogens with two attached hydrogens (primary N) is 1. The molecular formula is C10H14ClNO. The van der Waals surface area contributed by atoms with Crippen molar-refractivity contribution >= 4 is 11.6 Å². The number of benzene rings is 1. The predicted molar refractivity (Wildman–Crippen MR) is 55.4 cm³/mol. The Hall–Kier alpha value is -0.730. The summed E-state index contributed by atoms with van der Waals surface area (Å²) in [5, 5.41) is 0.639. The number of rotatable bonds is 3. The van der Waals surface area contributed by atoms with Gasteiger partial charge in [-0.2, -0.15) is 0 Å². The molecule has 0 heterocycles. The first-order valence-electron chi connectivity index (χ1n) is 4.21. The third-order valence-corrected chi connectivity index (χ3v) is 2.07. The molecule has 0 aliphatic carbocycles. The van der Waals surface area contributed by atoms with Gasteiger partial charge in [0, 0.05) is 6.04 Å². The zero-order valence-corrected chi connectivity index (χ0v) is 8.64. The summed E-state index contributed by atoms with van der Waals surface area (Å²) < 4.78 is 5.04. The summed E-state index contributed by atoms with van der Waals surface area (Å²) in [5.74, 6) is 0.704. The van der Waals surface area contributed by atoms with Gasteiger partial charge in [-0.15, -0.1) is 0 Å². The lowest BCUT2D eigenvalue weighted by Crippen LogP contribution is -2.17. The Morgan fingerprint density at radius 3 is 2.69 bits per heavy atom. The minimum atomic E-state index is 0.157. The van der Waals surface area contributed by atoms with Crippen LogP contribution in [-0.4, -0.2) is 13.2 Å².